The lowest BCUT2D eigenvalue weighted by atomic mass is 10.1. The number of likely N-dealkylation sites (tertiary alicyclic amines) is 1. The minimum Gasteiger partial charge on any atom is -0.368 e. The molecule has 9 nitrogen and oxygen atoms in total. The monoisotopic (exact) mass is 603 g/mol. The third-order valence-corrected chi connectivity index (χ3v) is 8.43. The quantitative estimate of drug-likeness (QED) is 0.477. The molecule has 4 rings (SSSR count). The van der Waals surface area contributed by atoms with E-state index in [4.69, 9.17) is 5.73 Å². The van der Waals surface area contributed by atoms with Crippen LogP contribution in [0.2, 0.25) is 0 Å². The van der Waals surface area contributed by atoms with E-state index in [2.05, 4.69) is 15.1 Å². The van der Waals surface area contributed by atoms with E-state index in [1.54, 1.807) is 28.6 Å². The van der Waals surface area contributed by atoms with Crippen LogP contribution in [0.15, 0.2) is 59.5 Å². The highest BCUT2D eigenvalue weighted by molar-refractivity contribution is 7.89. The van der Waals surface area contributed by atoms with Crippen molar-refractivity contribution in [3.63, 3.8) is 0 Å². The van der Waals surface area contributed by atoms with Gasteiger partial charge in [-0.1, -0.05) is 38.1 Å². The van der Waals surface area contributed by atoms with E-state index in [9.17, 15) is 31.2 Å². The molecule has 41 heavy (non-hydrogen) atoms. The van der Waals surface area contributed by atoms with Crippen LogP contribution in [0.3, 0.4) is 0 Å². The molecule has 3 N–H and O–H groups in total. The van der Waals surface area contributed by atoms with E-state index in [-0.39, 0.29) is 8.42 Å². The van der Waals surface area contributed by atoms with Gasteiger partial charge in [0, 0.05) is 47.7 Å². The number of nitrogens with two attached hydrogens (primary N) is 1. The molecule has 0 unspecified atom stereocenters. The van der Waals surface area contributed by atoms with Crippen molar-refractivity contribution in [3.05, 3.63) is 65.7 Å². The largest absolute Gasteiger partial charge is 0.416 e. The van der Waals surface area contributed by atoms with Gasteiger partial charge in [-0.15, -0.1) is 0 Å². The van der Waals surface area contributed by atoms with Crippen molar-refractivity contribution < 1.29 is 34.0 Å². The Labute approximate surface area is 243 Å². The number of benzene rings is 2. The fraction of sp³-hybridized carbons (Fsp3) is 0.500. The molecule has 2 aliphatic heterocycles. The van der Waals surface area contributed by atoms with Crippen LogP contribution in [-0.4, -0.2) is 93.2 Å². The number of hydrogen-bond acceptors (Lipinski definition) is 6. The number of alkyl halides is 3. The molecule has 2 aromatic carbocycles. The maximum Gasteiger partial charge on any atom is 0.416 e. The van der Waals surface area contributed by atoms with Gasteiger partial charge < -0.3 is 16.0 Å². The van der Waals surface area contributed by atoms with Crippen LogP contribution < -0.4 is 11.1 Å². The molecular formula is C28H44F3N5O4S. The lowest BCUT2D eigenvalue weighted by molar-refractivity contribution is -0.137. The number of carbonyl (C=O) groups is 2. The van der Waals surface area contributed by atoms with Gasteiger partial charge in [-0.25, -0.2) is 8.42 Å². The minimum absolute atomic E-state index is 0. The van der Waals surface area contributed by atoms with Crippen LogP contribution in [0.1, 0.15) is 45.5 Å². The van der Waals surface area contributed by atoms with Crippen molar-refractivity contribution in [2.45, 2.75) is 37.8 Å². The molecule has 13 heteroatoms. The molecule has 232 valence electrons. The number of nitrogens with zero attached hydrogens (tertiary/aromatic N) is 3. The standard InChI is InChI=1S/C16H25N3O2S.C10H9F3N2O2.C2H6.2H2/c20-22(21,16-6-2-1-3-7-16)19-14-12-18(13-15-19)11-10-17-8-4-5-9-17;11-10(12,13)7-3-1-2-6(4-7)9(17)15-5-8(14)16;1-2;;/h1-3,6-7H,4-5,8-15H2;1-4H,5H2,(H2,14,16)(H,15,17);1-2H3;2*1H. The summed E-state index contributed by atoms with van der Waals surface area (Å²) in [6.45, 7) is 11.1. The normalized spacial score (nSPS) is 16.6. The van der Waals surface area contributed by atoms with Gasteiger partial charge in [0.15, 0.2) is 0 Å². The van der Waals surface area contributed by atoms with Crippen molar-refractivity contribution in [2.24, 2.45) is 5.73 Å². The minimum atomic E-state index is -4.51. The zero-order chi connectivity index (χ0) is 30.5. The van der Waals surface area contributed by atoms with Gasteiger partial charge >= 0.3 is 6.18 Å². The Kier molecular flexibility index (Phi) is 13.7. The summed E-state index contributed by atoms with van der Waals surface area (Å²) in [6, 6.07) is 12.6. The molecule has 0 atom stereocenters. The second kappa shape index (κ2) is 16.4. The maximum absolute atomic E-state index is 12.6. The SMILES string of the molecule is CC.NC(=O)CNC(=O)c1cccc(C(F)(F)F)c1.O=S(=O)(c1ccccc1)N1CCN(CCN2CCCC2)CC1.[HH].[HH]. The highest BCUT2D eigenvalue weighted by Crippen LogP contribution is 2.29. The third-order valence-electron chi connectivity index (χ3n) is 6.52. The Balaban J connectivity index is 0.000000765. The first-order valence-electron chi connectivity index (χ1n) is 13.7. The predicted molar refractivity (Wildman–Crippen MR) is 156 cm³/mol. The van der Waals surface area contributed by atoms with Crippen molar-refractivity contribution in [2.75, 3.05) is 58.9 Å². The van der Waals surface area contributed by atoms with Crippen LogP contribution in [-0.2, 0) is 21.0 Å². The topological polar surface area (TPSA) is 116 Å². The fourth-order valence-corrected chi connectivity index (χ4v) is 5.77. The summed E-state index contributed by atoms with van der Waals surface area (Å²) in [5.41, 5.74) is 3.68. The number of sulfonamides is 1. The van der Waals surface area contributed by atoms with Gasteiger partial charge in [0.25, 0.3) is 5.91 Å². The van der Waals surface area contributed by atoms with E-state index < -0.39 is 40.1 Å². The summed E-state index contributed by atoms with van der Waals surface area (Å²) < 4.78 is 63.8. The van der Waals surface area contributed by atoms with Crippen LogP contribution in [0.25, 0.3) is 0 Å². The number of primary amides is 1. The van der Waals surface area contributed by atoms with Gasteiger partial charge in [0.2, 0.25) is 15.9 Å². The summed E-state index contributed by atoms with van der Waals surface area (Å²) in [6.07, 6.45) is -1.87. The number of rotatable bonds is 8. The second-order valence-corrected chi connectivity index (χ2v) is 11.3. The van der Waals surface area contributed by atoms with Crippen molar-refractivity contribution in [3.8, 4) is 0 Å². The number of carbonyl (C=O) groups excluding carboxylic acids is 2. The molecule has 2 aliphatic rings. The molecule has 0 aromatic heterocycles. The molecule has 2 aromatic rings. The van der Waals surface area contributed by atoms with Crippen LogP contribution in [0.4, 0.5) is 13.2 Å². The number of halogens is 3. The number of piperazine rings is 1. The summed E-state index contributed by atoms with van der Waals surface area (Å²) >= 11 is 0. The van der Waals surface area contributed by atoms with Crippen molar-refractivity contribution in [1.29, 1.82) is 0 Å². The highest BCUT2D eigenvalue weighted by Gasteiger charge is 2.31. The number of amides is 2. The summed E-state index contributed by atoms with van der Waals surface area (Å²) in [7, 11) is -3.32. The van der Waals surface area contributed by atoms with E-state index >= 15 is 0 Å². The molecular weight excluding hydrogens is 559 g/mol. The first-order chi connectivity index (χ1) is 19.5. The van der Waals surface area contributed by atoms with Crippen molar-refractivity contribution >= 4 is 21.8 Å². The van der Waals surface area contributed by atoms with Crippen LogP contribution in [0.5, 0.6) is 0 Å². The molecule has 0 bridgehead atoms. The van der Waals surface area contributed by atoms with E-state index in [1.165, 1.54) is 32.0 Å². The lowest BCUT2D eigenvalue weighted by Crippen LogP contribution is -2.50. The summed E-state index contributed by atoms with van der Waals surface area (Å²) in [5, 5.41) is 2.10. The Morgan fingerprint density at radius 3 is 1.98 bits per heavy atom. The molecule has 2 fully saturated rings. The molecule has 0 aliphatic carbocycles. The Bertz CT molecular complexity index is 1210. The molecule has 0 saturated carbocycles. The van der Waals surface area contributed by atoms with Crippen LogP contribution >= 0.6 is 0 Å². The van der Waals surface area contributed by atoms with Crippen LogP contribution in [0, 0.1) is 0 Å². The average molecular weight is 604 g/mol. The molecule has 0 radical (unpaired) electrons. The van der Waals surface area contributed by atoms with Gasteiger partial charge in [-0.3, -0.25) is 14.5 Å². The van der Waals surface area contributed by atoms with Gasteiger partial charge in [0.1, 0.15) is 0 Å². The van der Waals surface area contributed by atoms with Crippen molar-refractivity contribution in [1.82, 2.24) is 19.4 Å². The number of nitrogens with one attached hydrogen (secondary N) is 1. The van der Waals surface area contributed by atoms with Gasteiger partial charge in [-0.2, -0.15) is 17.5 Å². The lowest BCUT2D eigenvalue weighted by Gasteiger charge is -2.34. The summed E-state index contributed by atoms with van der Waals surface area (Å²) in [4.78, 5) is 27.0. The van der Waals surface area contributed by atoms with E-state index in [0.717, 1.165) is 38.3 Å². The molecule has 2 saturated heterocycles. The van der Waals surface area contributed by atoms with E-state index in [0.29, 0.717) is 24.1 Å². The van der Waals surface area contributed by atoms with E-state index in [1.807, 2.05) is 19.9 Å². The Hall–Kier alpha value is -3.00. The number of hydrogen-bond donors (Lipinski definition) is 2. The molecule has 2 heterocycles. The highest BCUT2D eigenvalue weighted by atomic mass is 32.2. The smallest absolute Gasteiger partial charge is 0.368 e. The predicted octanol–water partition coefficient (Wildman–Crippen LogP) is 3.53. The summed E-state index contributed by atoms with van der Waals surface area (Å²) in [5.74, 6) is -1.56. The Morgan fingerprint density at radius 1 is 0.878 bits per heavy atom. The maximum atomic E-state index is 12.6. The fourth-order valence-electron chi connectivity index (χ4n) is 4.33. The first-order valence-corrected chi connectivity index (χ1v) is 15.1. The van der Waals surface area contributed by atoms with Gasteiger partial charge in [0.05, 0.1) is 17.0 Å². The van der Waals surface area contributed by atoms with Gasteiger partial charge in [-0.05, 0) is 56.3 Å². The second-order valence-electron chi connectivity index (χ2n) is 9.34. The first kappa shape index (κ1) is 34.2. The zero-order valence-electron chi connectivity index (χ0n) is 23.6. The molecule has 2 amide bonds. The zero-order valence-corrected chi connectivity index (χ0v) is 24.4. The third kappa shape index (κ3) is 11.1. The Morgan fingerprint density at radius 2 is 1.44 bits per heavy atom. The molecule has 0 spiro atoms. The average Bonchev–Trinajstić information content (AvgIpc) is 3.50.